The molecule has 1 aliphatic heterocycles. The van der Waals surface area contributed by atoms with Crippen molar-refractivity contribution >= 4 is 11.9 Å². The SMILES string of the molecule is O=C1CNC(=O)N1C1CC1c1ccc(-c2ccc(F)cc2)nc1. The second-order valence-corrected chi connectivity index (χ2v) is 5.82. The zero-order chi connectivity index (χ0) is 16.0. The number of aromatic nitrogens is 1. The molecule has 0 radical (unpaired) electrons. The molecule has 2 aromatic rings. The maximum Gasteiger partial charge on any atom is 0.324 e. The van der Waals surface area contributed by atoms with Gasteiger partial charge in [0.05, 0.1) is 12.2 Å². The Morgan fingerprint density at radius 1 is 1.13 bits per heavy atom. The van der Waals surface area contributed by atoms with Gasteiger partial charge < -0.3 is 5.32 Å². The molecule has 0 spiro atoms. The minimum absolute atomic E-state index is 0.0662. The first-order valence-corrected chi connectivity index (χ1v) is 7.45. The van der Waals surface area contributed by atoms with E-state index in [9.17, 15) is 14.0 Å². The summed E-state index contributed by atoms with van der Waals surface area (Å²) >= 11 is 0. The summed E-state index contributed by atoms with van der Waals surface area (Å²) in [4.78, 5) is 29.1. The number of hydrogen-bond donors (Lipinski definition) is 1. The first-order valence-electron chi connectivity index (χ1n) is 7.45. The summed E-state index contributed by atoms with van der Waals surface area (Å²) in [6.45, 7) is 0.0871. The summed E-state index contributed by atoms with van der Waals surface area (Å²) < 4.78 is 12.9. The fourth-order valence-electron chi connectivity index (χ4n) is 3.01. The number of halogens is 1. The van der Waals surface area contributed by atoms with Crippen molar-refractivity contribution < 1.29 is 14.0 Å². The predicted molar refractivity (Wildman–Crippen MR) is 81.0 cm³/mol. The van der Waals surface area contributed by atoms with E-state index in [1.165, 1.54) is 17.0 Å². The maximum atomic E-state index is 12.9. The molecule has 0 bridgehead atoms. The number of pyridine rings is 1. The number of benzene rings is 1. The molecule has 1 saturated carbocycles. The molecule has 2 unspecified atom stereocenters. The summed E-state index contributed by atoms with van der Waals surface area (Å²) in [5.74, 6) is -0.296. The minimum atomic E-state index is -0.307. The third-order valence-corrected chi connectivity index (χ3v) is 4.32. The Labute approximate surface area is 132 Å². The van der Waals surface area contributed by atoms with E-state index >= 15 is 0 Å². The van der Waals surface area contributed by atoms with Crippen LogP contribution in [0.4, 0.5) is 9.18 Å². The fourth-order valence-corrected chi connectivity index (χ4v) is 3.01. The second kappa shape index (κ2) is 5.15. The van der Waals surface area contributed by atoms with Crippen LogP contribution in [0.1, 0.15) is 17.9 Å². The Morgan fingerprint density at radius 3 is 2.52 bits per heavy atom. The van der Waals surface area contributed by atoms with Gasteiger partial charge in [-0.3, -0.25) is 14.7 Å². The largest absolute Gasteiger partial charge is 0.329 e. The molecule has 1 aliphatic carbocycles. The number of carbonyl (C=O) groups excluding carboxylic acids is 2. The Hall–Kier alpha value is -2.76. The van der Waals surface area contributed by atoms with Gasteiger partial charge >= 0.3 is 6.03 Å². The Bertz CT molecular complexity index is 757. The number of nitrogens with one attached hydrogen (secondary N) is 1. The molecule has 1 saturated heterocycles. The van der Waals surface area contributed by atoms with Crippen molar-refractivity contribution in [3.05, 3.63) is 54.0 Å². The van der Waals surface area contributed by atoms with Crippen LogP contribution in [-0.4, -0.2) is 34.4 Å². The number of imide groups is 1. The van der Waals surface area contributed by atoms with Crippen LogP contribution >= 0.6 is 0 Å². The van der Waals surface area contributed by atoms with E-state index < -0.39 is 0 Å². The van der Waals surface area contributed by atoms with Crippen molar-refractivity contribution in [3.8, 4) is 11.3 Å². The van der Waals surface area contributed by atoms with Crippen LogP contribution in [-0.2, 0) is 4.79 Å². The van der Waals surface area contributed by atoms with Crippen molar-refractivity contribution in [2.24, 2.45) is 0 Å². The molecule has 2 aliphatic rings. The highest BCUT2D eigenvalue weighted by Crippen LogP contribution is 2.45. The average Bonchev–Trinajstić information content (AvgIpc) is 3.27. The minimum Gasteiger partial charge on any atom is -0.329 e. The highest BCUT2D eigenvalue weighted by atomic mass is 19.1. The fraction of sp³-hybridized carbons (Fsp3) is 0.235. The lowest BCUT2D eigenvalue weighted by Crippen LogP contribution is -2.33. The highest BCUT2D eigenvalue weighted by Gasteiger charge is 2.49. The smallest absolute Gasteiger partial charge is 0.324 e. The van der Waals surface area contributed by atoms with Crippen LogP contribution in [0.2, 0.25) is 0 Å². The van der Waals surface area contributed by atoms with E-state index in [1.807, 2.05) is 12.1 Å². The summed E-state index contributed by atoms with van der Waals surface area (Å²) in [5.41, 5.74) is 2.62. The van der Waals surface area contributed by atoms with Crippen LogP contribution in [0.3, 0.4) is 0 Å². The summed E-state index contributed by atoms with van der Waals surface area (Å²) in [7, 11) is 0. The number of nitrogens with zero attached hydrogens (tertiary/aromatic N) is 2. The molecule has 116 valence electrons. The topological polar surface area (TPSA) is 62.3 Å². The molecule has 1 aromatic carbocycles. The lowest BCUT2D eigenvalue weighted by atomic mass is 10.1. The van der Waals surface area contributed by atoms with Crippen molar-refractivity contribution in [3.63, 3.8) is 0 Å². The first-order chi connectivity index (χ1) is 11.1. The van der Waals surface area contributed by atoms with Gasteiger partial charge in [-0.15, -0.1) is 0 Å². The van der Waals surface area contributed by atoms with Crippen LogP contribution in [0, 0.1) is 5.82 Å². The second-order valence-electron chi connectivity index (χ2n) is 5.82. The number of amides is 3. The van der Waals surface area contributed by atoms with Gasteiger partial charge in [-0.05, 0) is 42.3 Å². The molecule has 1 aromatic heterocycles. The molecular weight excluding hydrogens is 297 g/mol. The zero-order valence-electron chi connectivity index (χ0n) is 12.2. The lowest BCUT2D eigenvalue weighted by Gasteiger charge is -2.12. The number of urea groups is 1. The summed E-state index contributed by atoms with van der Waals surface area (Å²) in [6, 6.07) is 9.63. The quantitative estimate of drug-likeness (QED) is 0.885. The Morgan fingerprint density at radius 2 is 1.91 bits per heavy atom. The van der Waals surface area contributed by atoms with Crippen LogP contribution < -0.4 is 5.32 Å². The van der Waals surface area contributed by atoms with Gasteiger partial charge in [-0.2, -0.15) is 0 Å². The molecule has 2 fully saturated rings. The Kier molecular flexibility index (Phi) is 3.11. The monoisotopic (exact) mass is 311 g/mol. The molecule has 6 heteroatoms. The van der Waals surface area contributed by atoms with Gasteiger partial charge in [0.25, 0.3) is 0 Å². The normalized spacial score (nSPS) is 23.1. The third-order valence-electron chi connectivity index (χ3n) is 4.32. The number of rotatable bonds is 3. The van der Waals surface area contributed by atoms with Crippen LogP contribution in [0.15, 0.2) is 42.6 Å². The van der Waals surface area contributed by atoms with Crippen LogP contribution in [0.5, 0.6) is 0 Å². The van der Waals surface area contributed by atoms with Crippen molar-refractivity contribution in [2.45, 2.75) is 18.4 Å². The van der Waals surface area contributed by atoms with Gasteiger partial charge in [0.2, 0.25) is 5.91 Å². The molecule has 4 rings (SSSR count). The van der Waals surface area contributed by atoms with E-state index in [0.717, 1.165) is 23.2 Å². The number of hydrogen-bond acceptors (Lipinski definition) is 3. The van der Waals surface area contributed by atoms with Gasteiger partial charge in [-0.25, -0.2) is 9.18 Å². The van der Waals surface area contributed by atoms with E-state index in [-0.39, 0.29) is 36.3 Å². The first kappa shape index (κ1) is 13.9. The lowest BCUT2D eigenvalue weighted by molar-refractivity contribution is -0.125. The van der Waals surface area contributed by atoms with Crippen LogP contribution in [0.25, 0.3) is 11.3 Å². The molecule has 2 heterocycles. The number of carbonyl (C=O) groups is 2. The zero-order valence-corrected chi connectivity index (χ0v) is 12.2. The highest BCUT2D eigenvalue weighted by molar-refractivity contribution is 6.02. The molecule has 5 nitrogen and oxygen atoms in total. The van der Waals surface area contributed by atoms with Crippen molar-refractivity contribution in [2.75, 3.05) is 6.54 Å². The van der Waals surface area contributed by atoms with E-state index in [1.54, 1.807) is 18.3 Å². The van der Waals surface area contributed by atoms with E-state index in [2.05, 4.69) is 10.3 Å². The summed E-state index contributed by atoms with van der Waals surface area (Å²) in [5, 5.41) is 2.54. The van der Waals surface area contributed by atoms with Crippen molar-refractivity contribution in [1.29, 1.82) is 0 Å². The van der Waals surface area contributed by atoms with E-state index in [0.29, 0.717) is 0 Å². The van der Waals surface area contributed by atoms with Gasteiger partial charge in [0.15, 0.2) is 0 Å². The maximum absolute atomic E-state index is 12.9. The predicted octanol–water partition coefficient (Wildman–Crippen LogP) is 2.30. The van der Waals surface area contributed by atoms with Gasteiger partial charge in [-0.1, -0.05) is 6.07 Å². The average molecular weight is 311 g/mol. The Balaban J connectivity index is 1.50. The standard InChI is InChI=1S/C17H14FN3O2/c18-12-4-1-10(2-5-12)14-6-3-11(8-19-14)13-7-15(13)21-16(22)9-20-17(21)23/h1-6,8,13,15H,7,9H2,(H,20,23). The molecular formula is C17H14FN3O2. The third kappa shape index (κ3) is 2.46. The molecule has 23 heavy (non-hydrogen) atoms. The molecule has 2 atom stereocenters. The van der Waals surface area contributed by atoms with Gasteiger partial charge in [0, 0.05) is 23.7 Å². The van der Waals surface area contributed by atoms with Gasteiger partial charge in [0.1, 0.15) is 5.82 Å². The molecule has 1 N–H and O–H groups in total. The van der Waals surface area contributed by atoms with Crippen molar-refractivity contribution in [1.82, 2.24) is 15.2 Å². The molecule has 3 amide bonds. The summed E-state index contributed by atoms with van der Waals surface area (Å²) in [6.07, 6.45) is 2.54. The van der Waals surface area contributed by atoms with E-state index in [4.69, 9.17) is 0 Å².